The molecule has 0 aliphatic heterocycles. The molecule has 0 unspecified atom stereocenters. The highest BCUT2D eigenvalue weighted by Gasteiger charge is 2.37. The predicted octanol–water partition coefficient (Wildman–Crippen LogP) is 5.90. The lowest BCUT2D eigenvalue weighted by Gasteiger charge is -2.32. The van der Waals surface area contributed by atoms with Crippen LogP contribution in [0.1, 0.15) is 47.8 Å². The number of methoxy groups -OCH3 is 2. The van der Waals surface area contributed by atoms with Crippen LogP contribution in [-0.4, -0.2) is 32.1 Å². The molecule has 7 nitrogen and oxygen atoms in total. The molecule has 0 spiro atoms. The lowest BCUT2D eigenvalue weighted by molar-refractivity contribution is -0.123. The van der Waals surface area contributed by atoms with Gasteiger partial charge in [0.15, 0.2) is 17.3 Å². The van der Waals surface area contributed by atoms with Gasteiger partial charge in [-0.25, -0.2) is 0 Å². The topological polar surface area (TPSA) is 81.0 Å². The van der Waals surface area contributed by atoms with Crippen LogP contribution in [0.2, 0.25) is 0 Å². The first kappa shape index (κ1) is 24.4. The maximum absolute atomic E-state index is 14.1. The number of nitrogens with zero attached hydrogens (tertiary/aromatic N) is 1. The van der Waals surface area contributed by atoms with E-state index in [0.717, 1.165) is 36.5 Å². The third-order valence-corrected chi connectivity index (χ3v) is 6.91. The summed E-state index contributed by atoms with van der Waals surface area (Å²) < 4.78 is 16.5. The quantitative estimate of drug-likeness (QED) is 0.327. The molecule has 37 heavy (non-hydrogen) atoms. The zero-order valence-electron chi connectivity index (χ0n) is 21.0. The van der Waals surface area contributed by atoms with Crippen LogP contribution in [0.25, 0.3) is 10.8 Å². The van der Waals surface area contributed by atoms with E-state index in [2.05, 4.69) is 5.32 Å². The monoisotopic (exact) mass is 498 g/mol. The van der Waals surface area contributed by atoms with Crippen molar-refractivity contribution in [2.45, 2.75) is 37.8 Å². The number of anilines is 1. The van der Waals surface area contributed by atoms with Gasteiger partial charge in [0.2, 0.25) is 5.91 Å². The molecule has 3 aromatic carbocycles. The molecule has 1 N–H and O–H groups in total. The van der Waals surface area contributed by atoms with Gasteiger partial charge in [0.05, 0.1) is 26.2 Å². The normalized spacial score (nSPS) is 14.3. The summed E-state index contributed by atoms with van der Waals surface area (Å²) in [5.41, 5.74) is 1.21. The predicted molar refractivity (Wildman–Crippen MR) is 142 cm³/mol. The first-order chi connectivity index (χ1) is 18.1. The van der Waals surface area contributed by atoms with Gasteiger partial charge in [0, 0.05) is 11.4 Å². The van der Waals surface area contributed by atoms with Gasteiger partial charge in [0.1, 0.15) is 6.04 Å². The van der Waals surface area contributed by atoms with Crippen LogP contribution in [0.5, 0.6) is 11.5 Å². The summed E-state index contributed by atoms with van der Waals surface area (Å²) in [6.07, 6.45) is 5.45. The molecule has 0 saturated heterocycles. The van der Waals surface area contributed by atoms with E-state index in [4.69, 9.17) is 13.9 Å². The number of fused-ring (bicyclic) bond motifs is 1. The number of hydrogen-bond donors (Lipinski definition) is 1. The third-order valence-electron chi connectivity index (χ3n) is 6.91. The van der Waals surface area contributed by atoms with Gasteiger partial charge < -0.3 is 19.2 Å². The fraction of sp³-hybridized carbons (Fsp3) is 0.267. The lowest BCUT2D eigenvalue weighted by atomic mass is 9.99. The molecule has 1 aliphatic rings. The maximum atomic E-state index is 14.1. The minimum absolute atomic E-state index is 0.0724. The molecule has 0 radical (unpaired) electrons. The van der Waals surface area contributed by atoms with Gasteiger partial charge in [0.25, 0.3) is 5.91 Å². The molecule has 2 amide bonds. The van der Waals surface area contributed by atoms with Crippen LogP contribution in [-0.2, 0) is 4.79 Å². The zero-order chi connectivity index (χ0) is 25.8. The Labute approximate surface area is 216 Å². The Kier molecular flexibility index (Phi) is 7.12. The second-order valence-electron chi connectivity index (χ2n) is 9.16. The van der Waals surface area contributed by atoms with Crippen molar-refractivity contribution in [1.82, 2.24) is 5.32 Å². The fourth-order valence-corrected chi connectivity index (χ4v) is 5.09. The maximum Gasteiger partial charge on any atom is 0.294 e. The van der Waals surface area contributed by atoms with Crippen molar-refractivity contribution < 1.29 is 23.5 Å². The van der Waals surface area contributed by atoms with Gasteiger partial charge in [-0.3, -0.25) is 14.5 Å². The van der Waals surface area contributed by atoms with Crippen LogP contribution in [0.3, 0.4) is 0 Å². The first-order valence-electron chi connectivity index (χ1n) is 12.5. The van der Waals surface area contributed by atoms with Crippen molar-refractivity contribution in [3.8, 4) is 11.5 Å². The largest absolute Gasteiger partial charge is 0.493 e. The minimum atomic E-state index is -0.983. The van der Waals surface area contributed by atoms with E-state index in [9.17, 15) is 9.59 Å². The van der Waals surface area contributed by atoms with Crippen LogP contribution in [0.15, 0.2) is 83.5 Å². The van der Waals surface area contributed by atoms with Crippen molar-refractivity contribution in [3.63, 3.8) is 0 Å². The Balaban J connectivity index is 1.71. The number of ether oxygens (including phenoxy) is 2. The van der Waals surface area contributed by atoms with Gasteiger partial charge in [-0.1, -0.05) is 55.3 Å². The van der Waals surface area contributed by atoms with E-state index in [1.54, 1.807) is 44.6 Å². The van der Waals surface area contributed by atoms with E-state index < -0.39 is 11.9 Å². The van der Waals surface area contributed by atoms with Gasteiger partial charge >= 0.3 is 0 Å². The molecule has 0 bridgehead atoms. The summed E-state index contributed by atoms with van der Waals surface area (Å²) in [6.45, 7) is 0. The number of carbonyl (C=O) groups is 2. The van der Waals surface area contributed by atoms with Crippen LogP contribution < -0.4 is 19.7 Å². The average Bonchev–Trinajstić information content (AvgIpc) is 3.66. The average molecular weight is 499 g/mol. The Bertz CT molecular complexity index is 1390. The van der Waals surface area contributed by atoms with Crippen molar-refractivity contribution in [2.24, 2.45) is 0 Å². The Morgan fingerprint density at radius 3 is 2.41 bits per heavy atom. The summed E-state index contributed by atoms with van der Waals surface area (Å²) in [5, 5.41) is 5.02. The zero-order valence-corrected chi connectivity index (χ0v) is 21.0. The lowest BCUT2D eigenvalue weighted by Crippen LogP contribution is -2.46. The minimum Gasteiger partial charge on any atom is -0.493 e. The second kappa shape index (κ2) is 10.8. The van der Waals surface area contributed by atoms with E-state index in [1.165, 1.54) is 11.2 Å². The standard InChI is InChI=1S/C30H30N2O5/c1-35-25-17-16-21(19-27(25)36-2)28(29(33)31-22-11-4-5-12-22)32(30(34)26-15-8-18-37-26)24-14-7-10-20-9-3-6-13-23(20)24/h3,6-10,13-19,22,28H,4-5,11-12H2,1-2H3,(H,31,33)/t28-/m1/s1. The van der Waals surface area contributed by atoms with E-state index in [0.29, 0.717) is 22.7 Å². The molecule has 1 heterocycles. The first-order valence-corrected chi connectivity index (χ1v) is 12.5. The molecule has 1 fully saturated rings. The number of hydrogen-bond acceptors (Lipinski definition) is 5. The summed E-state index contributed by atoms with van der Waals surface area (Å²) in [7, 11) is 3.11. The Morgan fingerprint density at radius 1 is 0.919 bits per heavy atom. The smallest absolute Gasteiger partial charge is 0.294 e. The van der Waals surface area contributed by atoms with Crippen molar-refractivity contribution in [2.75, 3.05) is 19.1 Å². The SMILES string of the molecule is COc1ccc([C@H](C(=O)NC2CCCC2)N(C(=O)c2ccco2)c2cccc3ccccc23)cc1OC. The molecule has 4 aromatic rings. The molecule has 190 valence electrons. The van der Waals surface area contributed by atoms with Crippen molar-refractivity contribution >= 4 is 28.3 Å². The molecule has 1 aliphatic carbocycles. The van der Waals surface area contributed by atoms with Crippen molar-refractivity contribution in [3.05, 3.63) is 90.4 Å². The molecular formula is C30H30N2O5. The van der Waals surface area contributed by atoms with E-state index in [1.807, 2.05) is 42.5 Å². The van der Waals surface area contributed by atoms with Crippen LogP contribution in [0, 0.1) is 0 Å². The van der Waals surface area contributed by atoms with Crippen molar-refractivity contribution in [1.29, 1.82) is 0 Å². The second-order valence-corrected chi connectivity index (χ2v) is 9.16. The molecule has 1 saturated carbocycles. The van der Waals surface area contributed by atoms with Gasteiger partial charge in [-0.2, -0.15) is 0 Å². The highest BCUT2D eigenvalue weighted by Crippen LogP contribution is 2.38. The summed E-state index contributed by atoms with van der Waals surface area (Å²) in [4.78, 5) is 29.7. The van der Waals surface area contributed by atoms with E-state index >= 15 is 0 Å². The fourth-order valence-electron chi connectivity index (χ4n) is 5.09. The number of carbonyl (C=O) groups excluding carboxylic acids is 2. The molecule has 1 atom stereocenters. The number of furan rings is 1. The molecular weight excluding hydrogens is 468 g/mol. The molecule has 1 aromatic heterocycles. The summed E-state index contributed by atoms with van der Waals surface area (Å²) in [6, 6.07) is 21.2. The highest BCUT2D eigenvalue weighted by molar-refractivity contribution is 6.13. The molecule has 5 rings (SSSR count). The van der Waals surface area contributed by atoms with Crippen LogP contribution in [0.4, 0.5) is 5.69 Å². The van der Waals surface area contributed by atoms with Gasteiger partial charge in [-0.05, 0) is 54.1 Å². The number of nitrogens with one attached hydrogen (secondary N) is 1. The van der Waals surface area contributed by atoms with Gasteiger partial charge in [-0.15, -0.1) is 0 Å². The van der Waals surface area contributed by atoms with E-state index in [-0.39, 0.29) is 17.7 Å². The summed E-state index contributed by atoms with van der Waals surface area (Å²) >= 11 is 0. The number of rotatable bonds is 8. The van der Waals surface area contributed by atoms with Crippen LogP contribution >= 0.6 is 0 Å². The number of benzene rings is 3. The third kappa shape index (κ3) is 4.89. The molecule has 7 heteroatoms. The Morgan fingerprint density at radius 2 is 1.68 bits per heavy atom. The Hall–Kier alpha value is -4.26. The number of amides is 2. The summed E-state index contributed by atoms with van der Waals surface area (Å²) in [5.74, 6) is 0.485. The highest BCUT2D eigenvalue weighted by atomic mass is 16.5.